The lowest BCUT2D eigenvalue weighted by Gasteiger charge is -2.30. The fraction of sp³-hybridized carbons (Fsp3) is 0.400. The number of nitrogens with one attached hydrogen (secondary N) is 1. The van der Waals surface area contributed by atoms with Crippen molar-refractivity contribution < 1.29 is 0 Å². The first-order valence-electron chi connectivity index (χ1n) is 4.68. The SMILES string of the molecule is Cl.Cl.Clc1ccc(N2CCNCC2)c(Cl)c1. The molecule has 0 aromatic heterocycles. The Morgan fingerprint density at radius 1 is 1.06 bits per heavy atom. The Morgan fingerprint density at radius 3 is 2.25 bits per heavy atom. The van der Waals surface area contributed by atoms with E-state index in [-0.39, 0.29) is 24.8 Å². The van der Waals surface area contributed by atoms with Crippen LogP contribution in [0.3, 0.4) is 0 Å². The third-order valence-electron chi connectivity index (χ3n) is 2.37. The molecule has 92 valence electrons. The van der Waals surface area contributed by atoms with Gasteiger partial charge in [0.05, 0.1) is 10.7 Å². The van der Waals surface area contributed by atoms with Gasteiger partial charge in [0, 0.05) is 31.2 Å². The van der Waals surface area contributed by atoms with Crippen LogP contribution in [0.15, 0.2) is 18.2 Å². The van der Waals surface area contributed by atoms with Gasteiger partial charge in [-0.1, -0.05) is 23.2 Å². The van der Waals surface area contributed by atoms with E-state index in [0.29, 0.717) is 5.02 Å². The number of nitrogens with zero attached hydrogens (tertiary/aromatic N) is 1. The minimum Gasteiger partial charge on any atom is -0.368 e. The van der Waals surface area contributed by atoms with Crippen LogP contribution in [0.25, 0.3) is 0 Å². The molecule has 2 nitrogen and oxygen atoms in total. The first-order valence-corrected chi connectivity index (χ1v) is 5.44. The Balaban J connectivity index is 0.00000112. The standard InChI is InChI=1S/C10H12Cl2N2.2ClH/c11-8-1-2-10(9(12)7-8)14-5-3-13-4-6-14;;/h1-2,7,13H,3-6H2;2*1H. The second-order valence-corrected chi connectivity index (χ2v) is 4.18. The van der Waals surface area contributed by atoms with Crippen molar-refractivity contribution in [2.24, 2.45) is 0 Å². The van der Waals surface area contributed by atoms with E-state index in [9.17, 15) is 0 Å². The molecule has 1 saturated heterocycles. The van der Waals surface area contributed by atoms with Crippen LogP contribution >= 0.6 is 48.0 Å². The zero-order valence-corrected chi connectivity index (χ0v) is 11.7. The summed E-state index contributed by atoms with van der Waals surface area (Å²) in [5.41, 5.74) is 1.08. The third kappa shape index (κ3) is 3.86. The Kier molecular flexibility index (Phi) is 7.53. The quantitative estimate of drug-likeness (QED) is 0.857. The van der Waals surface area contributed by atoms with Gasteiger partial charge in [0.2, 0.25) is 0 Å². The molecule has 1 heterocycles. The molecule has 0 spiro atoms. The van der Waals surface area contributed by atoms with Gasteiger partial charge in [0.1, 0.15) is 0 Å². The van der Waals surface area contributed by atoms with Crippen molar-refractivity contribution in [1.82, 2.24) is 5.32 Å². The van der Waals surface area contributed by atoms with E-state index in [4.69, 9.17) is 23.2 Å². The third-order valence-corrected chi connectivity index (χ3v) is 2.91. The normalized spacial score (nSPS) is 15.0. The van der Waals surface area contributed by atoms with E-state index in [0.717, 1.165) is 36.9 Å². The average molecular weight is 304 g/mol. The summed E-state index contributed by atoms with van der Waals surface area (Å²) in [6.07, 6.45) is 0. The molecule has 0 amide bonds. The second-order valence-electron chi connectivity index (χ2n) is 3.33. The van der Waals surface area contributed by atoms with E-state index in [1.807, 2.05) is 12.1 Å². The monoisotopic (exact) mass is 302 g/mol. The first kappa shape index (κ1) is 16.1. The molecule has 6 heteroatoms. The Bertz CT molecular complexity index is 327. The maximum Gasteiger partial charge on any atom is 0.0654 e. The summed E-state index contributed by atoms with van der Waals surface area (Å²) in [7, 11) is 0. The van der Waals surface area contributed by atoms with Gasteiger partial charge >= 0.3 is 0 Å². The molecule has 0 unspecified atom stereocenters. The zero-order chi connectivity index (χ0) is 9.97. The summed E-state index contributed by atoms with van der Waals surface area (Å²) < 4.78 is 0. The highest BCUT2D eigenvalue weighted by Crippen LogP contribution is 2.28. The van der Waals surface area contributed by atoms with E-state index in [1.54, 1.807) is 6.07 Å². The van der Waals surface area contributed by atoms with Crippen molar-refractivity contribution in [3.8, 4) is 0 Å². The van der Waals surface area contributed by atoms with Crippen LogP contribution in [0.1, 0.15) is 0 Å². The molecule has 1 aliphatic rings. The summed E-state index contributed by atoms with van der Waals surface area (Å²) in [5.74, 6) is 0. The van der Waals surface area contributed by atoms with Gasteiger partial charge in [-0.3, -0.25) is 0 Å². The van der Waals surface area contributed by atoms with Crippen molar-refractivity contribution in [3.63, 3.8) is 0 Å². The molecule has 1 aromatic carbocycles. The number of benzene rings is 1. The summed E-state index contributed by atoms with van der Waals surface area (Å²) in [4.78, 5) is 2.27. The van der Waals surface area contributed by atoms with Gasteiger partial charge in [-0.25, -0.2) is 0 Å². The van der Waals surface area contributed by atoms with Crippen molar-refractivity contribution in [2.45, 2.75) is 0 Å². The number of anilines is 1. The maximum absolute atomic E-state index is 6.12. The van der Waals surface area contributed by atoms with Crippen molar-refractivity contribution >= 4 is 53.7 Å². The van der Waals surface area contributed by atoms with Gasteiger partial charge in [-0.15, -0.1) is 24.8 Å². The van der Waals surface area contributed by atoms with E-state index >= 15 is 0 Å². The van der Waals surface area contributed by atoms with Crippen LogP contribution in [0.2, 0.25) is 10.0 Å². The highest BCUT2D eigenvalue weighted by atomic mass is 35.5. The lowest BCUT2D eigenvalue weighted by atomic mass is 10.2. The van der Waals surface area contributed by atoms with Crippen molar-refractivity contribution in [2.75, 3.05) is 31.1 Å². The predicted molar refractivity (Wildman–Crippen MR) is 76.0 cm³/mol. The van der Waals surface area contributed by atoms with Crippen LogP contribution in [-0.4, -0.2) is 26.2 Å². The molecule has 0 atom stereocenters. The molecule has 0 aliphatic carbocycles. The Labute approximate surface area is 118 Å². The number of piperazine rings is 1. The second kappa shape index (κ2) is 7.46. The number of hydrogen-bond acceptors (Lipinski definition) is 2. The smallest absolute Gasteiger partial charge is 0.0654 e. The molecule has 1 fully saturated rings. The molecular formula is C10H14Cl4N2. The fourth-order valence-corrected chi connectivity index (χ4v) is 2.17. The van der Waals surface area contributed by atoms with Crippen LogP contribution in [0.5, 0.6) is 0 Å². The topological polar surface area (TPSA) is 15.3 Å². The predicted octanol–water partition coefficient (Wildman–Crippen LogP) is 3.25. The highest BCUT2D eigenvalue weighted by Gasteiger charge is 2.12. The van der Waals surface area contributed by atoms with E-state index in [2.05, 4.69) is 10.2 Å². The van der Waals surface area contributed by atoms with Crippen LogP contribution in [0, 0.1) is 0 Å². The molecule has 0 radical (unpaired) electrons. The molecule has 16 heavy (non-hydrogen) atoms. The first-order chi connectivity index (χ1) is 6.77. The lowest BCUT2D eigenvalue weighted by Crippen LogP contribution is -2.43. The minimum atomic E-state index is 0. The number of halogens is 4. The molecule has 1 aliphatic heterocycles. The molecule has 1 aromatic rings. The average Bonchev–Trinajstić information content (AvgIpc) is 2.19. The zero-order valence-electron chi connectivity index (χ0n) is 8.58. The molecule has 0 saturated carbocycles. The van der Waals surface area contributed by atoms with Gasteiger partial charge in [-0.2, -0.15) is 0 Å². The minimum absolute atomic E-state index is 0. The van der Waals surface area contributed by atoms with Gasteiger partial charge < -0.3 is 10.2 Å². The fourth-order valence-electron chi connectivity index (χ4n) is 1.64. The van der Waals surface area contributed by atoms with Crippen molar-refractivity contribution in [3.05, 3.63) is 28.2 Å². The highest BCUT2D eigenvalue weighted by molar-refractivity contribution is 6.36. The summed E-state index contributed by atoms with van der Waals surface area (Å²) in [6.45, 7) is 4.03. The molecule has 1 N–H and O–H groups in total. The van der Waals surface area contributed by atoms with Gasteiger partial charge in [-0.05, 0) is 18.2 Å². The van der Waals surface area contributed by atoms with Crippen molar-refractivity contribution in [1.29, 1.82) is 0 Å². The summed E-state index contributed by atoms with van der Waals surface area (Å²) >= 11 is 12.0. The number of rotatable bonds is 1. The summed E-state index contributed by atoms with van der Waals surface area (Å²) in [6, 6.07) is 5.65. The van der Waals surface area contributed by atoms with Crippen LogP contribution in [-0.2, 0) is 0 Å². The van der Waals surface area contributed by atoms with Gasteiger partial charge in [0.15, 0.2) is 0 Å². The molecule has 2 rings (SSSR count). The van der Waals surface area contributed by atoms with Crippen LogP contribution < -0.4 is 10.2 Å². The van der Waals surface area contributed by atoms with Gasteiger partial charge in [0.25, 0.3) is 0 Å². The molecule has 0 bridgehead atoms. The largest absolute Gasteiger partial charge is 0.368 e. The Hall–Kier alpha value is 0.140. The lowest BCUT2D eigenvalue weighted by molar-refractivity contribution is 0.589. The Morgan fingerprint density at radius 2 is 1.69 bits per heavy atom. The summed E-state index contributed by atoms with van der Waals surface area (Å²) in [5, 5.41) is 4.73. The van der Waals surface area contributed by atoms with E-state index < -0.39 is 0 Å². The number of hydrogen-bond donors (Lipinski definition) is 1. The maximum atomic E-state index is 6.12. The van der Waals surface area contributed by atoms with Crippen LogP contribution in [0.4, 0.5) is 5.69 Å². The van der Waals surface area contributed by atoms with E-state index in [1.165, 1.54) is 0 Å². The molecular weight excluding hydrogens is 290 g/mol.